The first-order valence-corrected chi connectivity index (χ1v) is 5.39. The molecular formula is C12H14N2O3. The molecule has 0 aliphatic heterocycles. The fraction of sp³-hybridized carbons (Fsp3) is 0.333. The van der Waals surface area contributed by atoms with Crippen molar-refractivity contribution in [1.82, 2.24) is 9.55 Å². The van der Waals surface area contributed by atoms with Crippen LogP contribution < -0.4 is 11.1 Å². The van der Waals surface area contributed by atoms with Crippen molar-refractivity contribution in [2.45, 2.75) is 20.4 Å². The second-order valence-corrected chi connectivity index (χ2v) is 4.09. The van der Waals surface area contributed by atoms with Gasteiger partial charge in [0, 0.05) is 6.54 Å². The number of aliphatic hydroxyl groups excluding tert-OH is 1. The van der Waals surface area contributed by atoms with Crippen LogP contribution in [0.3, 0.4) is 0 Å². The van der Waals surface area contributed by atoms with E-state index in [2.05, 4.69) is 4.98 Å². The molecule has 2 rings (SSSR count). The second kappa shape index (κ2) is 4.18. The Labute approximate surface area is 97.3 Å². The number of benzene rings is 1. The molecule has 17 heavy (non-hydrogen) atoms. The lowest BCUT2D eigenvalue weighted by molar-refractivity contribution is 0.276. The molecule has 1 aromatic carbocycles. The Morgan fingerprint density at radius 1 is 1.24 bits per heavy atom. The molecule has 2 N–H and O–H groups in total. The summed E-state index contributed by atoms with van der Waals surface area (Å²) in [5, 5.41) is 8.95. The molecule has 0 aliphatic carbocycles. The number of hydrogen-bond donors (Lipinski definition) is 2. The molecule has 0 fully saturated rings. The molecule has 0 amide bonds. The van der Waals surface area contributed by atoms with Crippen molar-refractivity contribution >= 4 is 11.0 Å². The highest BCUT2D eigenvalue weighted by Gasteiger charge is 2.08. The Bertz CT molecular complexity index is 682. The number of aryl methyl sites for hydroxylation is 2. The number of H-pyrrole nitrogens is 1. The van der Waals surface area contributed by atoms with Crippen LogP contribution in [0, 0.1) is 13.8 Å². The third-order valence-corrected chi connectivity index (χ3v) is 2.91. The predicted octanol–water partition coefficient (Wildman–Crippen LogP) is 0.299. The minimum Gasteiger partial charge on any atom is -0.395 e. The van der Waals surface area contributed by atoms with E-state index in [1.54, 1.807) is 0 Å². The van der Waals surface area contributed by atoms with E-state index in [0.29, 0.717) is 11.0 Å². The van der Waals surface area contributed by atoms with Crippen molar-refractivity contribution in [3.63, 3.8) is 0 Å². The fourth-order valence-corrected chi connectivity index (χ4v) is 1.85. The summed E-state index contributed by atoms with van der Waals surface area (Å²) in [5.74, 6) is 0. The van der Waals surface area contributed by atoms with Crippen molar-refractivity contribution < 1.29 is 5.11 Å². The molecule has 0 atom stereocenters. The predicted molar refractivity (Wildman–Crippen MR) is 65.4 cm³/mol. The molecule has 0 bridgehead atoms. The summed E-state index contributed by atoms with van der Waals surface area (Å²) in [7, 11) is 0. The highest BCUT2D eigenvalue weighted by molar-refractivity contribution is 5.76. The quantitative estimate of drug-likeness (QED) is 0.734. The SMILES string of the molecule is Cc1cc2[nH]c(=O)c(=O)n(CCO)c2cc1C. The average molecular weight is 234 g/mol. The van der Waals surface area contributed by atoms with Gasteiger partial charge in [-0.1, -0.05) is 0 Å². The van der Waals surface area contributed by atoms with E-state index >= 15 is 0 Å². The Balaban J connectivity index is 2.93. The first-order chi connectivity index (χ1) is 8.04. The van der Waals surface area contributed by atoms with Gasteiger partial charge in [-0.2, -0.15) is 0 Å². The van der Waals surface area contributed by atoms with E-state index in [1.165, 1.54) is 4.57 Å². The van der Waals surface area contributed by atoms with Crippen LogP contribution in [-0.4, -0.2) is 21.3 Å². The topological polar surface area (TPSA) is 75.1 Å². The van der Waals surface area contributed by atoms with Crippen LogP contribution >= 0.6 is 0 Å². The number of rotatable bonds is 2. The summed E-state index contributed by atoms with van der Waals surface area (Å²) in [4.78, 5) is 25.7. The molecule has 5 heteroatoms. The van der Waals surface area contributed by atoms with Gasteiger partial charge in [0.15, 0.2) is 0 Å². The standard InChI is InChI=1S/C12H14N2O3/c1-7-5-9-10(6-8(7)2)14(3-4-15)12(17)11(16)13-9/h5-6,15H,3-4H2,1-2H3,(H,13,16). The number of nitrogens with zero attached hydrogens (tertiary/aromatic N) is 1. The van der Waals surface area contributed by atoms with Crippen LogP contribution in [-0.2, 0) is 6.54 Å². The summed E-state index contributed by atoms with van der Waals surface area (Å²) < 4.78 is 1.31. The van der Waals surface area contributed by atoms with Gasteiger partial charge in [-0.15, -0.1) is 0 Å². The summed E-state index contributed by atoms with van der Waals surface area (Å²) in [5.41, 5.74) is 2.06. The Morgan fingerprint density at radius 2 is 1.88 bits per heavy atom. The van der Waals surface area contributed by atoms with Crippen molar-refractivity contribution in [1.29, 1.82) is 0 Å². The van der Waals surface area contributed by atoms with Gasteiger partial charge in [-0.3, -0.25) is 14.2 Å². The normalized spacial score (nSPS) is 11.0. The molecule has 0 radical (unpaired) electrons. The lowest BCUT2D eigenvalue weighted by Gasteiger charge is -2.10. The molecular weight excluding hydrogens is 220 g/mol. The largest absolute Gasteiger partial charge is 0.395 e. The van der Waals surface area contributed by atoms with Gasteiger partial charge in [0.25, 0.3) is 0 Å². The van der Waals surface area contributed by atoms with Gasteiger partial charge in [0.05, 0.1) is 17.6 Å². The number of nitrogens with one attached hydrogen (secondary N) is 1. The van der Waals surface area contributed by atoms with Gasteiger partial charge in [-0.25, -0.2) is 0 Å². The zero-order chi connectivity index (χ0) is 12.6. The molecule has 1 heterocycles. The van der Waals surface area contributed by atoms with Crippen LogP contribution in [0.1, 0.15) is 11.1 Å². The number of fused-ring (bicyclic) bond motifs is 1. The number of aromatic amines is 1. The Morgan fingerprint density at radius 3 is 2.53 bits per heavy atom. The fourth-order valence-electron chi connectivity index (χ4n) is 1.85. The summed E-state index contributed by atoms with van der Waals surface area (Å²) in [6, 6.07) is 3.68. The van der Waals surface area contributed by atoms with Gasteiger partial charge in [0.2, 0.25) is 0 Å². The van der Waals surface area contributed by atoms with E-state index < -0.39 is 11.1 Å². The van der Waals surface area contributed by atoms with E-state index in [4.69, 9.17) is 5.11 Å². The van der Waals surface area contributed by atoms with Crippen molar-refractivity contribution in [2.75, 3.05) is 6.61 Å². The summed E-state index contributed by atoms with van der Waals surface area (Å²) in [6.07, 6.45) is 0. The lowest BCUT2D eigenvalue weighted by Crippen LogP contribution is -2.37. The molecule has 2 aromatic rings. The molecule has 0 unspecified atom stereocenters. The molecule has 0 aliphatic rings. The Kier molecular flexibility index (Phi) is 2.85. The molecule has 5 nitrogen and oxygen atoms in total. The maximum atomic E-state index is 11.7. The summed E-state index contributed by atoms with van der Waals surface area (Å²) >= 11 is 0. The number of aromatic nitrogens is 2. The van der Waals surface area contributed by atoms with Crippen LogP contribution in [0.2, 0.25) is 0 Å². The monoisotopic (exact) mass is 234 g/mol. The maximum absolute atomic E-state index is 11.7. The van der Waals surface area contributed by atoms with Gasteiger partial charge >= 0.3 is 11.1 Å². The molecule has 0 saturated heterocycles. The van der Waals surface area contributed by atoms with Crippen molar-refractivity contribution in [3.8, 4) is 0 Å². The van der Waals surface area contributed by atoms with Crippen LogP contribution in [0.5, 0.6) is 0 Å². The minimum absolute atomic E-state index is 0.127. The van der Waals surface area contributed by atoms with E-state index in [0.717, 1.165) is 11.1 Å². The lowest BCUT2D eigenvalue weighted by atomic mass is 10.1. The van der Waals surface area contributed by atoms with E-state index in [1.807, 2.05) is 26.0 Å². The van der Waals surface area contributed by atoms with E-state index in [9.17, 15) is 9.59 Å². The first-order valence-electron chi connectivity index (χ1n) is 5.39. The maximum Gasteiger partial charge on any atom is 0.316 e. The van der Waals surface area contributed by atoms with Crippen LogP contribution in [0.15, 0.2) is 21.7 Å². The molecule has 1 aromatic heterocycles. The molecule has 0 saturated carbocycles. The molecule has 90 valence electrons. The number of hydrogen-bond acceptors (Lipinski definition) is 3. The molecule has 0 spiro atoms. The Hall–Kier alpha value is -1.88. The van der Waals surface area contributed by atoms with Crippen LogP contribution in [0.25, 0.3) is 11.0 Å². The van der Waals surface area contributed by atoms with Crippen molar-refractivity contribution in [2.24, 2.45) is 0 Å². The third-order valence-electron chi connectivity index (χ3n) is 2.91. The highest BCUT2D eigenvalue weighted by Crippen LogP contribution is 2.15. The average Bonchev–Trinajstić information content (AvgIpc) is 2.28. The zero-order valence-electron chi connectivity index (χ0n) is 9.78. The van der Waals surface area contributed by atoms with Gasteiger partial charge < -0.3 is 10.1 Å². The third kappa shape index (κ3) is 1.89. The van der Waals surface area contributed by atoms with Crippen LogP contribution in [0.4, 0.5) is 0 Å². The minimum atomic E-state index is -0.658. The highest BCUT2D eigenvalue weighted by atomic mass is 16.3. The van der Waals surface area contributed by atoms with Gasteiger partial charge in [0.1, 0.15) is 0 Å². The first kappa shape index (κ1) is 11.6. The van der Waals surface area contributed by atoms with Crippen molar-refractivity contribution in [3.05, 3.63) is 44.0 Å². The number of aliphatic hydroxyl groups is 1. The van der Waals surface area contributed by atoms with Gasteiger partial charge in [-0.05, 0) is 37.1 Å². The van der Waals surface area contributed by atoms with E-state index in [-0.39, 0.29) is 13.2 Å². The smallest absolute Gasteiger partial charge is 0.316 e. The second-order valence-electron chi connectivity index (χ2n) is 4.09. The zero-order valence-corrected chi connectivity index (χ0v) is 9.78. The summed E-state index contributed by atoms with van der Waals surface area (Å²) in [6.45, 7) is 3.83.